The van der Waals surface area contributed by atoms with Gasteiger partial charge in [-0.25, -0.2) is 4.98 Å². The molecule has 0 saturated heterocycles. The Balaban J connectivity index is 2.22. The van der Waals surface area contributed by atoms with Crippen molar-refractivity contribution in [3.63, 3.8) is 0 Å². The number of hydrogen-bond donors (Lipinski definition) is 0. The minimum absolute atomic E-state index is 0.202. The van der Waals surface area contributed by atoms with Crippen LogP contribution in [-0.2, 0) is 0 Å². The molecular formula is C15H19N3O. The summed E-state index contributed by atoms with van der Waals surface area (Å²) in [6.07, 6.45) is 1.71. The molecule has 0 fully saturated rings. The van der Waals surface area contributed by atoms with Gasteiger partial charge in [-0.2, -0.15) is 4.98 Å². The SMILES string of the molecule is COc1ccnc(N(C)[C@H](C)c2ccc(C)cc2)n1. The molecular weight excluding hydrogens is 238 g/mol. The van der Waals surface area contributed by atoms with Gasteiger partial charge in [-0.15, -0.1) is 0 Å². The van der Waals surface area contributed by atoms with Crippen molar-refractivity contribution in [3.8, 4) is 5.88 Å². The van der Waals surface area contributed by atoms with Crippen LogP contribution in [0.15, 0.2) is 36.5 Å². The van der Waals surface area contributed by atoms with E-state index in [2.05, 4.69) is 48.1 Å². The van der Waals surface area contributed by atoms with Crippen LogP contribution in [-0.4, -0.2) is 24.1 Å². The molecule has 1 heterocycles. The molecule has 0 aliphatic heterocycles. The molecule has 19 heavy (non-hydrogen) atoms. The van der Waals surface area contributed by atoms with Crippen molar-refractivity contribution < 1.29 is 4.74 Å². The monoisotopic (exact) mass is 257 g/mol. The predicted octanol–water partition coefficient (Wildman–Crippen LogP) is 2.99. The maximum Gasteiger partial charge on any atom is 0.228 e. The molecule has 1 aromatic heterocycles. The lowest BCUT2D eigenvalue weighted by Gasteiger charge is -2.25. The number of ether oxygens (including phenoxy) is 1. The highest BCUT2D eigenvalue weighted by molar-refractivity contribution is 5.36. The second kappa shape index (κ2) is 5.69. The van der Waals surface area contributed by atoms with Crippen LogP contribution in [0.25, 0.3) is 0 Å². The van der Waals surface area contributed by atoms with Gasteiger partial charge in [-0.1, -0.05) is 29.8 Å². The smallest absolute Gasteiger partial charge is 0.228 e. The second-order valence-corrected chi connectivity index (χ2v) is 4.60. The standard InChI is InChI=1S/C15H19N3O/c1-11-5-7-13(8-6-11)12(2)18(3)15-16-10-9-14(17-15)19-4/h5-10,12H,1-4H3/t12-/m1/s1. The number of anilines is 1. The van der Waals surface area contributed by atoms with Gasteiger partial charge < -0.3 is 9.64 Å². The zero-order chi connectivity index (χ0) is 13.8. The van der Waals surface area contributed by atoms with Crippen LogP contribution in [0.5, 0.6) is 5.88 Å². The van der Waals surface area contributed by atoms with E-state index < -0.39 is 0 Å². The van der Waals surface area contributed by atoms with Crippen LogP contribution in [0, 0.1) is 6.92 Å². The Morgan fingerprint density at radius 1 is 1.16 bits per heavy atom. The third-order valence-corrected chi connectivity index (χ3v) is 3.28. The summed E-state index contributed by atoms with van der Waals surface area (Å²) in [5, 5.41) is 0. The van der Waals surface area contributed by atoms with E-state index >= 15 is 0 Å². The van der Waals surface area contributed by atoms with Crippen LogP contribution >= 0.6 is 0 Å². The quantitative estimate of drug-likeness (QED) is 0.844. The van der Waals surface area contributed by atoms with Crippen LogP contribution in [0.1, 0.15) is 24.1 Å². The number of nitrogens with zero attached hydrogens (tertiary/aromatic N) is 3. The molecule has 0 bridgehead atoms. The summed E-state index contributed by atoms with van der Waals surface area (Å²) in [4.78, 5) is 10.7. The Bertz CT molecular complexity index is 539. The van der Waals surface area contributed by atoms with E-state index in [1.54, 1.807) is 19.4 Å². The van der Waals surface area contributed by atoms with Crippen LogP contribution < -0.4 is 9.64 Å². The summed E-state index contributed by atoms with van der Waals surface area (Å²) >= 11 is 0. The van der Waals surface area contributed by atoms with Gasteiger partial charge in [-0.05, 0) is 19.4 Å². The zero-order valence-corrected chi connectivity index (χ0v) is 11.8. The van der Waals surface area contributed by atoms with E-state index in [4.69, 9.17) is 4.74 Å². The number of rotatable bonds is 4. The highest BCUT2D eigenvalue weighted by atomic mass is 16.5. The van der Waals surface area contributed by atoms with Gasteiger partial charge in [-0.3, -0.25) is 0 Å². The number of hydrogen-bond acceptors (Lipinski definition) is 4. The van der Waals surface area contributed by atoms with Crippen molar-refractivity contribution >= 4 is 5.95 Å². The summed E-state index contributed by atoms with van der Waals surface area (Å²) < 4.78 is 5.13. The summed E-state index contributed by atoms with van der Waals surface area (Å²) in [5.74, 6) is 1.24. The lowest BCUT2D eigenvalue weighted by Crippen LogP contribution is -2.23. The van der Waals surface area contributed by atoms with Crippen LogP contribution in [0.3, 0.4) is 0 Å². The number of aromatic nitrogens is 2. The van der Waals surface area contributed by atoms with Crippen LogP contribution in [0.2, 0.25) is 0 Å². The maximum absolute atomic E-state index is 5.13. The second-order valence-electron chi connectivity index (χ2n) is 4.60. The number of benzene rings is 1. The first-order valence-corrected chi connectivity index (χ1v) is 6.28. The fourth-order valence-electron chi connectivity index (χ4n) is 1.86. The summed E-state index contributed by atoms with van der Waals surface area (Å²) in [7, 11) is 3.59. The lowest BCUT2D eigenvalue weighted by molar-refractivity contribution is 0.396. The van der Waals surface area contributed by atoms with Crippen molar-refractivity contribution in [1.82, 2.24) is 9.97 Å². The van der Waals surface area contributed by atoms with Crippen LogP contribution in [0.4, 0.5) is 5.95 Å². The normalized spacial score (nSPS) is 12.0. The van der Waals surface area contributed by atoms with E-state index in [1.807, 2.05) is 11.9 Å². The molecule has 0 spiro atoms. The van der Waals surface area contributed by atoms with Gasteiger partial charge in [0.15, 0.2) is 0 Å². The zero-order valence-electron chi connectivity index (χ0n) is 11.8. The van der Waals surface area contributed by atoms with Crippen molar-refractivity contribution in [2.45, 2.75) is 19.9 Å². The molecule has 0 unspecified atom stereocenters. The van der Waals surface area contributed by atoms with Crippen molar-refractivity contribution in [1.29, 1.82) is 0 Å². The first-order valence-electron chi connectivity index (χ1n) is 6.28. The summed E-state index contributed by atoms with van der Waals surface area (Å²) in [6.45, 7) is 4.22. The fourth-order valence-corrected chi connectivity index (χ4v) is 1.86. The van der Waals surface area contributed by atoms with E-state index in [1.165, 1.54) is 11.1 Å². The first-order chi connectivity index (χ1) is 9.11. The molecule has 2 rings (SSSR count). The largest absolute Gasteiger partial charge is 0.481 e. The molecule has 0 aliphatic rings. The van der Waals surface area contributed by atoms with E-state index in [0.29, 0.717) is 11.8 Å². The van der Waals surface area contributed by atoms with E-state index in [0.717, 1.165) is 0 Å². The van der Waals surface area contributed by atoms with E-state index in [9.17, 15) is 0 Å². The molecule has 0 N–H and O–H groups in total. The van der Waals surface area contributed by atoms with Crippen molar-refractivity contribution in [2.75, 3.05) is 19.1 Å². The average molecular weight is 257 g/mol. The lowest BCUT2D eigenvalue weighted by atomic mass is 10.1. The predicted molar refractivity (Wildman–Crippen MR) is 76.6 cm³/mol. The molecule has 0 radical (unpaired) electrons. The molecule has 4 nitrogen and oxygen atoms in total. The highest BCUT2D eigenvalue weighted by Gasteiger charge is 2.14. The summed E-state index contributed by atoms with van der Waals surface area (Å²) in [6, 6.07) is 10.5. The molecule has 0 aliphatic carbocycles. The molecule has 0 saturated carbocycles. The van der Waals surface area contributed by atoms with Gasteiger partial charge >= 0.3 is 0 Å². The fraction of sp³-hybridized carbons (Fsp3) is 0.333. The third kappa shape index (κ3) is 3.02. The Hall–Kier alpha value is -2.10. The van der Waals surface area contributed by atoms with Gasteiger partial charge in [0.25, 0.3) is 0 Å². The minimum atomic E-state index is 0.202. The average Bonchev–Trinajstić information content (AvgIpc) is 2.46. The third-order valence-electron chi connectivity index (χ3n) is 3.28. The molecule has 4 heteroatoms. The molecule has 100 valence electrons. The summed E-state index contributed by atoms with van der Waals surface area (Å²) in [5.41, 5.74) is 2.50. The Kier molecular flexibility index (Phi) is 4.00. The van der Waals surface area contributed by atoms with Gasteiger partial charge in [0.2, 0.25) is 11.8 Å². The highest BCUT2D eigenvalue weighted by Crippen LogP contribution is 2.23. The maximum atomic E-state index is 5.13. The minimum Gasteiger partial charge on any atom is -0.481 e. The molecule has 1 aromatic carbocycles. The molecule has 0 amide bonds. The Labute approximate surface area is 114 Å². The topological polar surface area (TPSA) is 38.2 Å². The van der Waals surface area contributed by atoms with E-state index in [-0.39, 0.29) is 6.04 Å². The Morgan fingerprint density at radius 3 is 2.47 bits per heavy atom. The van der Waals surface area contributed by atoms with Gasteiger partial charge in [0, 0.05) is 19.3 Å². The number of aryl methyl sites for hydroxylation is 1. The van der Waals surface area contributed by atoms with Crippen molar-refractivity contribution in [2.24, 2.45) is 0 Å². The Morgan fingerprint density at radius 2 is 1.84 bits per heavy atom. The molecule has 2 aromatic rings. The molecule has 1 atom stereocenters. The first kappa shape index (κ1) is 13.3. The van der Waals surface area contributed by atoms with Crippen molar-refractivity contribution in [3.05, 3.63) is 47.7 Å². The van der Waals surface area contributed by atoms with Gasteiger partial charge in [0.1, 0.15) is 0 Å². The van der Waals surface area contributed by atoms with Gasteiger partial charge in [0.05, 0.1) is 13.2 Å². The number of methoxy groups -OCH3 is 1.